The van der Waals surface area contributed by atoms with Gasteiger partial charge in [0.15, 0.2) is 6.29 Å². The van der Waals surface area contributed by atoms with E-state index in [0.717, 1.165) is 0 Å². The summed E-state index contributed by atoms with van der Waals surface area (Å²) in [6, 6.07) is 0. The van der Waals surface area contributed by atoms with Crippen LogP contribution in [0, 0.1) is 0 Å². The maximum absolute atomic E-state index is 9.51. The predicted octanol–water partition coefficient (Wildman–Crippen LogP) is -2.42. The average Bonchev–Trinajstić information content (AvgIpc) is 2.33. The smallest absolute Gasteiger partial charge is 0.186 e. The van der Waals surface area contributed by atoms with Gasteiger partial charge in [-0.1, -0.05) is 0 Å². The molecule has 0 saturated carbocycles. The Kier molecular flexibility index (Phi) is 6.28. The molecule has 1 aliphatic rings. The van der Waals surface area contributed by atoms with Crippen LogP contribution < -0.4 is 0 Å². The van der Waals surface area contributed by atoms with Crippen molar-refractivity contribution in [1.82, 2.24) is 0 Å². The lowest BCUT2D eigenvalue weighted by atomic mass is 10.1. The molecule has 1 heterocycles. The Morgan fingerprint density at radius 1 is 1.24 bits per heavy atom. The molecule has 0 aromatic rings. The summed E-state index contributed by atoms with van der Waals surface area (Å²) in [5.74, 6) is 0. The third kappa shape index (κ3) is 4.47. The normalized spacial score (nSPS) is 35.8. The van der Waals surface area contributed by atoms with E-state index in [0.29, 0.717) is 12.8 Å². The molecule has 0 unspecified atom stereocenters. The van der Waals surface area contributed by atoms with Gasteiger partial charge in [-0.25, -0.2) is 0 Å². The van der Waals surface area contributed by atoms with Crippen LogP contribution in [0.1, 0.15) is 12.8 Å². The van der Waals surface area contributed by atoms with Gasteiger partial charge in [-0.15, -0.1) is 0 Å². The molecule has 0 aromatic heterocycles. The lowest BCUT2D eigenvalue weighted by Crippen LogP contribution is -2.53. The third-order valence-corrected chi connectivity index (χ3v) is 2.63. The third-order valence-electron chi connectivity index (χ3n) is 2.63. The monoisotopic (exact) mass is 252 g/mol. The van der Waals surface area contributed by atoms with Crippen LogP contribution in [-0.2, 0) is 9.47 Å². The zero-order chi connectivity index (χ0) is 12.8. The van der Waals surface area contributed by atoms with E-state index in [1.54, 1.807) is 0 Å². The summed E-state index contributed by atoms with van der Waals surface area (Å²) in [4.78, 5) is 0. The highest BCUT2D eigenvalue weighted by atomic mass is 16.7. The van der Waals surface area contributed by atoms with E-state index >= 15 is 0 Å². The summed E-state index contributed by atoms with van der Waals surface area (Å²) in [5.41, 5.74) is 0. The van der Waals surface area contributed by atoms with Crippen LogP contribution in [0.25, 0.3) is 0 Å². The van der Waals surface area contributed by atoms with Gasteiger partial charge in [-0.3, -0.25) is 0 Å². The molecular formula is C10H20O7. The largest absolute Gasteiger partial charge is 0.394 e. The topological polar surface area (TPSA) is 120 Å². The molecule has 0 bridgehead atoms. The first-order chi connectivity index (χ1) is 8.06. The Hall–Kier alpha value is -0.280. The molecule has 0 amide bonds. The second-order valence-electron chi connectivity index (χ2n) is 4.10. The van der Waals surface area contributed by atoms with Crippen molar-refractivity contribution < 1.29 is 35.0 Å². The van der Waals surface area contributed by atoms with Crippen LogP contribution in [0.5, 0.6) is 0 Å². The molecule has 0 aliphatic carbocycles. The molecule has 1 aliphatic heterocycles. The quantitative estimate of drug-likeness (QED) is 0.333. The fourth-order valence-corrected chi connectivity index (χ4v) is 1.54. The Morgan fingerprint density at radius 3 is 2.59 bits per heavy atom. The number of hydrogen-bond acceptors (Lipinski definition) is 7. The van der Waals surface area contributed by atoms with Crippen LogP contribution >= 0.6 is 0 Å². The van der Waals surface area contributed by atoms with E-state index < -0.39 is 30.7 Å². The van der Waals surface area contributed by atoms with Gasteiger partial charge in [0.25, 0.3) is 0 Å². The van der Waals surface area contributed by atoms with Gasteiger partial charge in [0.1, 0.15) is 18.3 Å². The van der Waals surface area contributed by atoms with Gasteiger partial charge in [-0.2, -0.15) is 0 Å². The minimum Gasteiger partial charge on any atom is -0.394 e. The Bertz CT molecular complexity index is 213. The van der Waals surface area contributed by atoms with E-state index in [1.807, 2.05) is 0 Å². The highest BCUT2D eigenvalue weighted by Gasteiger charge is 2.37. The van der Waals surface area contributed by atoms with Crippen molar-refractivity contribution in [3.8, 4) is 0 Å². The van der Waals surface area contributed by atoms with Crippen molar-refractivity contribution in [2.45, 2.75) is 43.5 Å². The molecule has 0 spiro atoms. The van der Waals surface area contributed by atoms with E-state index in [1.165, 1.54) is 0 Å². The fourth-order valence-electron chi connectivity index (χ4n) is 1.54. The Morgan fingerprint density at radius 2 is 1.94 bits per heavy atom. The predicted molar refractivity (Wildman–Crippen MR) is 56.0 cm³/mol. The van der Waals surface area contributed by atoms with Crippen LogP contribution in [-0.4, -0.2) is 76.1 Å². The molecule has 0 aromatic carbocycles. The highest BCUT2D eigenvalue weighted by molar-refractivity contribution is 4.82. The van der Waals surface area contributed by atoms with Crippen molar-refractivity contribution in [1.29, 1.82) is 0 Å². The minimum absolute atomic E-state index is 0.0951. The SMILES string of the molecule is OC[C@H](O)CCCO[C@@H]1OC[C@@H](O)[C@H](O)[C@H]1O. The lowest BCUT2D eigenvalue weighted by molar-refractivity contribution is -0.270. The van der Waals surface area contributed by atoms with Gasteiger partial charge in [0.2, 0.25) is 0 Å². The Balaban J connectivity index is 2.19. The number of hydrogen-bond donors (Lipinski definition) is 5. The van der Waals surface area contributed by atoms with Crippen LogP contribution in [0.2, 0.25) is 0 Å². The molecule has 5 atom stereocenters. The maximum atomic E-state index is 9.51. The summed E-state index contributed by atoms with van der Waals surface area (Å²) >= 11 is 0. The zero-order valence-corrected chi connectivity index (χ0v) is 9.47. The number of rotatable bonds is 6. The fraction of sp³-hybridized carbons (Fsp3) is 1.00. The molecule has 7 nitrogen and oxygen atoms in total. The first kappa shape index (κ1) is 14.8. The van der Waals surface area contributed by atoms with Crippen molar-refractivity contribution in [3.05, 3.63) is 0 Å². The van der Waals surface area contributed by atoms with Gasteiger partial charge in [0.05, 0.1) is 19.3 Å². The maximum Gasteiger partial charge on any atom is 0.186 e. The molecule has 17 heavy (non-hydrogen) atoms. The molecule has 0 radical (unpaired) electrons. The second kappa shape index (κ2) is 7.22. The standard InChI is InChI=1S/C10H20O7/c11-4-6(12)2-1-3-16-10-9(15)8(14)7(13)5-17-10/h6-15H,1-5H2/t6-,7-,8+,9-,10-/m1/s1. The van der Waals surface area contributed by atoms with Crippen molar-refractivity contribution in [3.63, 3.8) is 0 Å². The highest BCUT2D eigenvalue weighted by Crippen LogP contribution is 2.16. The Labute approximate surface area is 99.2 Å². The molecule has 102 valence electrons. The number of aliphatic hydroxyl groups is 5. The first-order valence-corrected chi connectivity index (χ1v) is 5.62. The van der Waals surface area contributed by atoms with Crippen LogP contribution in [0.4, 0.5) is 0 Å². The summed E-state index contributed by atoms with van der Waals surface area (Å²) in [6.45, 7) is -0.169. The van der Waals surface area contributed by atoms with Gasteiger partial charge in [-0.05, 0) is 12.8 Å². The lowest BCUT2D eigenvalue weighted by Gasteiger charge is -2.34. The minimum atomic E-state index is -1.29. The van der Waals surface area contributed by atoms with Crippen molar-refractivity contribution in [2.75, 3.05) is 19.8 Å². The number of aliphatic hydroxyl groups excluding tert-OH is 5. The van der Waals surface area contributed by atoms with E-state index in [4.69, 9.17) is 19.7 Å². The average molecular weight is 252 g/mol. The van der Waals surface area contributed by atoms with Gasteiger partial charge >= 0.3 is 0 Å². The summed E-state index contributed by atoms with van der Waals surface area (Å²) in [6.07, 6.45) is -4.56. The number of ether oxygens (including phenoxy) is 2. The van der Waals surface area contributed by atoms with Crippen molar-refractivity contribution in [2.24, 2.45) is 0 Å². The van der Waals surface area contributed by atoms with Crippen LogP contribution in [0.15, 0.2) is 0 Å². The van der Waals surface area contributed by atoms with Crippen molar-refractivity contribution >= 4 is 0 Å². The van der Waals surface area contributed by atoms with E-state index in [-0.39, 0.29) is 19.8 Å². The van der Waals surface area contributed by atoms with Gasteiger partial charge in [0, 0.05) is 6.61 Å². The molecule has 7 heteroatoms. The van der Waals surface area contributed by atoms with E-state index in [9.17, 15) is 15.3 Å². The molecule has 5 N–H and O–H groups in total. The second-order valence-corrected chi connectivity index (χ2v) is 4.10. The van der Waals surface area contributed by atoms with Gasteiger partial charge < -0.3 is 35.0 Å². The first-order valence-electron chi connectivity index (χ1n) is 5.62. The molecule has 1 fully saturated rings. The summed E-state index contributed by atoms with van der Waals surface area (Å²) < 4.78 is 10.2. The molecule has 1 saturated heterocycles. The zero-order valence-electron chi connectivity index (χ0n) is 9.47. The summed E-state index contributed by atoms with van der Waals surface area (Å²) in [7, 11) is 0. The summed E-state index contributed by atoms with van der Waals surface area (Å²) in [5, 5.41) is 45.7. The van der Waals surface area contributed by atoms with Crippen LogP contribution in [0.3, 0.4) is 0 Å². The van der Waals surface area contributed by atoms with E-state index in [2.05, 4.69) is 0 Å². The molecule has 1 rings (SSSR count). The molecular weight excluding hydrogens is 232 g/mol.